The molecule has 3 N–H and O–H groups in total. The van der Waals surface area contributed by atoms with Gasteiger partial charge in [0.05, 0.1) is 5.02 Å². The Hall–Kier alpha value is -3.24. The number of Topliss-reactive ketones (excluding diaryl/α,β-unsaturated/α-hetero) is 1. The number of rotatable bonds is 9. The fourth-order valence-electron chi connectivity index (χ4n) is 4.50. The van der Waals surface area contributed by atoms with Crippen LogP contribution in [-0.4, -0.2) is 55.8 Å². The van der Waals surface area contributed by atoms with Crippen molar-refractivity contribution >= 4 is 47.7 Å². The van der Waals surface area contributed by atoms with Gasteiger partial charge in [0.1, 0.15) is 24.2 Å². The number of carbonyl (C=O) groups is 3. The average Bonchev–Trinajstić information content (AvgIpc) is 3.48. The van der Waals surface area contributed by atoms with Crippen LogP contribution in [0.1, 0.15) is 35.7 Å². The maximum atomic E-state index is 14.2. The highest BCUT2D eigenvalue weighted by molar-refractivity contribution is 7.51. The summed E-state index contributed by atoms with van der Waals surface area (Å²) in [7, 11) is -4.39. The second-order valence-electron chi connectivity index (χ2n) is 9.02. The topological polar surface area (TPSA) is 138 Å². The van der Waals surface area contributed by atoms with E-state index in [0.717, 1.165) is 0 Å². The summed E-state index contributed by atoms with van der Waals surface area (Å²) in [4.78, 5) is 58.0. The van der Waals surface area contributed by atoms with E-state index in [1.54, 1.807) is 16.7 Å². The third-order valence-corrected chi connectivity index (χ3v) is 7.05. The standard InChI is InChI=1S/C25H26ClFN3O7P/c1-15(31)19-12-29(21-8-7-17(10-18(19)21)37-14-38(34,35)36)13-23(32)30-9-3-6-22(30)25(33)28-11-16-4-2-5-20(26)24(16)27/h2,4-5,7-8,10,12,22H,3,6,9,11,13-14H2,1H3,(H,28,33)(H2,34,35,36)/t22-/m0/s1. The summed E-state index contributed by atoms with van der Waals surface area (Å²) in [6.45, 7) is 1.54. The second-order valence-corrected chi connectivity index (χ2v) is 11.0. The lowest BCUT2D eigenvalue weighted by Crippen LogP contribution is -2.46. The smallest absolute Gasteiger partial charge is 0.362 e. The lowest BCUT2D eigenvalue weighted by molar-refractivity contribution is -0.138. The summed E-state index contributed by atoms with van der Waals surface area (Å²) in [6, 6.07) is 8.38. The molecule has 0 aliphatic carbocycles. The van der Waals surface area contributed by atoms with Crippen molar-refractivity contribution in [1.82, 2.24) is 14.8 Å². The number of nitrogens with zero attached hydrogens (tertiary/aromatic N) is 2. The van der Waals surface area contributed by atoms with Crippen LogP contribution in [0.25, 0.3) is 10.9 Å². The molecule has 0 spiro atoms. The van der Waals surface area contributed by atoms with E-state index >= 15 is 0 Å². The number of amides is 2. The zero-order valence-corrected chi connectivity index (χ0v) is 22.0. The summed E-state index contributed by atoms with van der Waals surface area (Å²) in [5.41, 5.74) is 1.10. The number of halogens is 2. The minimum atomic E-state index is -4.39. The highest BCUT2D eigenvalue weighted by atomic mass is 35.5. The number of hydrogen-bond donors (Lipinski definition) is 3. The van der Waals surface area contributed by atoms with Gasteiger partial charge in [0.25, 0.3) is 0 Å². The van der Waals surface area contributed by atoms with E-state index in [0.29, 0.717) is 35.9 Å². The number of aromatic nitrogens is 1. The zero-order valence-electron chi connectivity index (χ0n) is 20.4. The molecular formula is C25H26ClFN3O7P. The second kappa shape index (κ2) is 11.2. The van der Waals surface area contributed by atoms with Gasteiger partial charge in [0, 0.05) is 41.3 Å². The molecule has 1 fully saturated rings. The molecule has 2 heterocycles. The van der Waals surface area contributed by atoms with Gasteiger partial charge in [-0.1, -0.05) is 23.7 Å². The minimum Gasteiger partial charge on any atom is -0.481 e. The predicted octanol–water partition coefficient (Wildman–Crippen LogP) is 3.46. The summed E-state index contributed by atoms with van der Waals surface area (Å²) in [5.74, 6) is -1.43. The molecule has 0 unspecified atom stereocenters. The van der Waals surface area contributed by atoms with E-state index in [-0.39, 0.29) is 41.1 Å². The first-order valence-corrected chi connectivity index (χ1v) is 13.9. The summed E-state index contributed by atoms with van der Waals surface area (Å²) < 4.78 is 32.0. The Labute approximate surface area is 222 Å². The summed E-state index contributed by atoms with van der Waals surface area (Å²) >= 11 is 5.80. The fourth-order valence-corrected chi connectivity index (χ4v) is 5.01. The molecule has 0 bridgehead atoms. The van der Waals surface area contributed by atoms with Crippen molar-refractivity contribution in [2.24, 2.45) is 0 Å². The third-order valence-electron chi connectivity index (χ3n) is 6.30. The van der Waals surface area contributed by atoms with E-state index in [1.807, 2.05) is 0 Å². The molecule has 4 rings (SSSR count). The number of ether oxygens (including phenoxy) is 1. The van der Waals surface area contributed by atoms with Crippen molar-refractivity contribution in [3.63, 3.8) is 0 Å². The Bertz CT molecular complexity index is 1450. The van der Waals surface area contributed by atoms with E-state index in [4.69, 9.17) is 26.1 Å². The Morgan fingerprint density at radius 3 is 2.71 bits per heavy atom. The molecule has 3 aromatic rings. The van der Waals surface area contributed by atoms with Crippen LogP contribution in [0.4, 0.5) is 4.39 Å². The predicted molar refractivity (Wildman–Crippen MR) is 137 cm³/mol. The van der Waals surface area contributed by atoms with Gasteiger partial charge in [-0.3, -0.25) is 18.9 Å². The van der Waals surface area contributed by atoms with Crippen LogP contribution in [0.3, 0.4) is 0 Å². The monoisotopic (exact) mass is 565 g/mol. The SMILES string of the molecule is CC(=O)c1cn(CC(=O)N2CCC[C@H]2C(=O)NCc2cccc(Cl)c2F)c2ccc(OCP(=O)(O)O)cc12. The Balaban J connectivity index is 1.49. The van der Waals surface area contributed by atoms with Crippen LogP contribution in [0.2, 0.25) is 5.02 Å². The Morgan fingerprint density at radius 1 is 1.24 bits per heavy atom. The first-order valence-electron chi connectivity index (χ1n) is 11.8. The molecular weight excluding hydrogens is 540 g/mol. The van der Waals surface area contributed by atoms with Crippen molar-refractivity contribution in [1.29, 1.82) is 0 Å². The number of hydrogen-bond acceptors (Lipinski definition) is 5. The quantitative estimate of drug-likeness (QED) is 0.267. The highest BCUT2D eigenvalue weighted by Gasteiger charge is 2.34. The van der Waals surface area contributed by atoms with Crippen molar-refractivity contribution in [3.8, 4) is 5.75 Å². The van der Waals surface area contributed by atoms with Crippen LogP contribution in [-0.2, 0) is 27.2 Å². The van der Waals surface area contributed by atoms with Crippen molar-refractivity contribution in [2.75, 3.05) is 12.9 Å². The largest absolute Gasteiger partial charge is 0.481 e. The highest BCUT2D eigenvalue weighted by Crippen LogP contribution is 2.35. The molecule has 202 valence electrons. The van der Waals surface area contributed by atoms with Gasteiger partial charge < -0.3 is 29.3 Å². The number of carbonyl (C=O) groups excluding carboxylic acids is 3. The van der Waals surface area contributed by atoms with Crippen LogP contribution in [0, 0.1) is 5.82 Å². The van der Waals surface area contributed by atoms with E-state index in [2.05, 4.69) is 5.32 Å². The van der Waals surface area contributed by atoms with Gasteiger partial charge in [0.2, 0.25) is 11.8 Å². The van der Waals surface area contributed by atoms with Crippen molar-refractivity contribution in [2.45, 2.75) is 38.9 Å². The third kappa shape index (κ3) is 6.24. The van der Waals surface area contributed by atoms with Crippen LogP contribution < -0.4 is 10.1 Å². The van der Waals surface area contributed by atoms with Crippen molar-refractivity contribution < 1.29 is 37.9 Å². The molecule has 1 aliphatic rings. The molecule has 0 radical (unpaired) electrons. The number of likely N-dealkylation sites (tertiary alicyclic amines) is 1. The lowest BCUT2D eigenvalue weighted by Gasteiger charge is -2.24. The molecule has 1 saturated heterocycles. The molecule has 2 amide bonds. The fraction of sp³-hybridized carbons (Fsp3) is 0.320. The number of nitrogens with one attached hydrogen (secondary N) is 1. The minimum absolute atomic E-state index is 0.0428. The first kappa shape index (κ1) is 27.8. The molecule has 0 saturated carbocycles. The van der Waals surface area contributed by atoms with E-state index < -0.39 is 31.7 Å². The van der Waals surface area contributed by atoms with Gasteiger partial charge in [0.15, 0.2) is 12.1 Å². The summed E-state index contributed by atoms with van der Waals surface area (Å²) in [6.07, 6.45) is 1.81. The van der Waals surface area contributed by atoms with Gasteiger partial charge >= 0.3 is 7.60 Å². The zero-order chi connectivity index (χ0) is 27.6. The molecule has 13 heteroatoms. The maximum Gasteiger partial charge on any atom is 0.362 e. The molecule has 38 heavy (non-hydrogen) atoms. The normalized spacial score (nSPS) is 15.6. The maximum absolute atomic E-state index is 14.2. The van der Waals surface area contributed by atoms with E-state index in [9.17, 15) is 23.3 Å². The van der Waals surface area contributed by atoms with Gasteiger partial charge in [-0.15, -0.1) is 0 Å². The van der Waals surface area contributed by atoms with Gasteiger partial charge in [-0.05, 0) is 44.0 Å². The number of ketones is 1. The first-order chi connectivity index (χ1) is 17.9. The van der Waals surface area contributed by atoms with Crippen LogP contribution in [0.15, 0.2) is 42.6 Å². The lowest BCUT2D eigenvalue weighted by atomic mass is 10.1. The van der Waals surface area contributed by atoms with Crippen LogP contribution in [0.5, 0.6) is 5.75 Å². The van der Waals surface area contributed by atoms with Crippen LogP contribution >= 0.6 is 19.2 Å². The molecule has 10 nitrogen and oxygen atoms in total. The Kier molecular flexibility index (Phi) is 8.22. The molecule has 2 aromatic carbocycles. The van der Waals surface area contributed by atoms with Gasteiger partial charge in [-0.25, -0.2) is 4.39 Å². The Morgan fingerprint density at radius 2 is 2.00 bits per heavy atom. The number of benzene rings is 2. The molecule has 1 aliphatic heterocycles. The average molecular weight is 566 g/mol. The van der Waals surface area contributed by atoms with Gasteiger partial charge in [-0.2, -0.15) is 0 Å². The molecule has 1 aromatic heterocycles. The van der Waals surface area contributed by atoms with Crippen molar-refractivity contribution in [3.05, 3.63) is 64.6 Å². The van der Waals surface area contributed by atoms with E-state index in [1.165, 1.54) is 42.3 Å². The number of fused-ring (bicyclic) bond motifs is 1. The molecule has 1 atom stereocenters. The summed E-state index contributed by atoms with van der Waals surface area (Å²) in [5, 5.41) is 3.11.